The van der Waals surface area contributed by atoms with Crippen LogP contribution in [0.1, 0.15) is 10.6 Å². The Bertz CT molecular complexity index is 540. The van der Waals surface area contributed by atoms with Crippen LogP contribution < -0.4 is 4.74 Å². The number of ether oxygens (including phenoxy) is 1. The number of hydrogen-bond donors (Lipinski definition) is 0. The van der Waals surface area contributed by atoms with Gasteiger partial charge in [0.05, 0.1) is 12.1 Å². The van der Waals surface area contributed by atoms with E-state index in [2.05, 4.69) is 0 Å². The van der Waals surface area contributed by atoms with Crippen LogP contribution in [0.25, 0.3) is 11.3 Å². The number of carbonyl (C=O) groups is 1. The van der Waals surface area contributed by atoms with E-state index in [-0.39, 0.29) is 16.5 Å². The Hall–Kier alpha value is -1.81. The number of hydrogen-bond acceptors (Lipinski definition) is 3. The van der Waals surface area contributed by atoms with E-state index in [1.165, 1.54) is 25.3 Å². The molecule has 0 spiro atoms. The van der Waals surface area contributed by atoms with Crippen molar-refractivity contribution in [1.82, 2.24) is 0 Å². The third-order valence-electron chi connectivity index (χ3n) is 2.23. The first-order valence-corrected chi connectivity index (χ1v) is 5.12. The minimum atomic E-state index is -0.584. The summed E-state index contributed by atoms with van der Waals surface area (Å²) in [4.78, 5) is 10.5. The van der Waals surface area contributed by atoms with Gasteiger partial charge in [-0.05, 0) is 24.3 Å². The summed E-state index contributed by atoms with van der Waals surface area (Å²) in [7, 11) is 1.33. The van der Waals surface area contributed by atoms with E-state index in [1.807, 2.05) is 0 Å². The molecule has 0 atom stereocenters. The second-order valence-corrected chi connectivity index (χ2v) is 3.70. The summed E-state index contributed by atoms with van der Waals surface area (Å²) >= 11 is 5.85. The van der Waals surface area contributed by atoms with Gasteiger partial charge < -0.3 is 9.15 Å². The first-order valence-electron chi connectivity index (χ1n) is 4.74. The van der Waals surface area contributed by atoms with E-state index in [4.69, 9.17) is 20.8 Å². The normalized spacial score (nSPS) is 10.3. The van der Waals surface area contributed by atoms with Crippen molar-refractivity contribution in [2.75, 3.05) is 7.11 Å². The van der Waals surface area contributed by atoms with Gasteiger partial charge in [-0.25, -0.2) is 4.39 Å². The lowest BCUT2D eigenvalue weighted by atomic mass is 10.1. The van der Waals surface area contributed by atoms with Crippen molar-refractivity contribution in [3.63, 3.8) is 0 Å². The Labute approximate surface area is 102 Å². The maximum atomic E-state index is 13.6. The van der Waals surface area contributed by atoms with Crippen LogP contribution in [0.5, 0.6) is 5.75 Å². The molecule has 0 unspecified atom stereocenters. The zero-order chi connectivity index (χ0) is 12.4. The highest BCUT2D eigenvalue weighted by Crippen LogP contribution is 2.33. The van der Waals surface area contributed by atoms with E-state index in [1.54, 1.807) is 6.07 Å². The maximum absolute atomic E-state index is 13.6. The summed E-state index contributed by atoms with van der Waals surface area (Å²) in [5, 5.41) is 0.145. The number of rotatable bonds is 3. The summed E-state index contributed by atoms with van der Waals surface area (Å²) in [6, 6.07) is 5.81. The zero-order valence-electron chi connectivity index (χ0n) is 8.87. The molecule has 3 nitrogen and oxygen atoms in total. The average molecular weight is 255 g/mol. The number of furan rings is 1. The summed E-state index contributed by atoms with van der Waals surface area (Å²) < 4.78 is 23.5. The summed E-state index contributed by atoms with van der Waals surface area (Å²) in [5.41, 5.74) is 0.446. The molecule has 0 aliphatic carbocycles. The smallest absolute Gasteiger partial charge is 0.185 e. The molecule has 0 saturated heterocycles. The fourth-order valence-electron chi connectivity index (χ4n) is 1.47. The molecular weight excluding hydrogens is 247 g/mol. The maximum Gasteiger partial charge on any atom is 0.185 e. The third kappa shape index (κ3) is 2.17. The summed E-state index contributed by atoms with van der Waals surface area (Å²) in [5.74, 6) is -0.0560. The van der Waals surface area contributed by atoms with Crippen LogP contribution in [0.2, 0.25) is 5.02 Å². The molecule has 0 bridgehead atoms. The van der Waals surface area contributed by atoms with Crippen molar-refractivity contribution in [3.05, 3.63) is 40.9 Å². The second-order valence-electron chi connectivity index (χ2n) is 3.29. The quantitative estimate of drug-likeness (QED) is 0.786. The number of benzene rings is 1. The molecule has 0 radical (unpaired) electrons. The zero-order valence-corrected chi connectivity index (χ0v) is 9.62. The van der Waals surface area contributed by atoms with Gasteiger partial charge in [0.1, 0.15) is 5.76 Å². The van der Waals surface area contributed by atoms with Crippen LogP contribution in [0, 0.1) is 5.82 Å². The van der Waals surface area contributed by atoms with E-state index in [0.29, 0.717) is 17.6 Å². The molecule has 1 aromatic heterocycles. The van der Waals surface area contributed by atoms with E-state index in [9.17, 15) is 9.18 Å². The third-order valence-corrected chi connectivity index (χ3v) is 2.51. The van der Waals surface area contributed by atoms with Crippen molar-refractivity contribution in [2.45, 2.75) is 0 Å². The Kier molecular flexibility index (Phi) is 3.15. The predicted octanol–water partition coefficient (Wildman–Crippen LogP) is 3.56. The fourth-order valence-corrected chi connectivity index (χ4v) is 1.75. The van der Waals surface area contributed by atoms with Crippen molar-refractivity contribution in [1.29, 1.82) is 0 Å². The van der Waals surface area contributed by atoms with Gasteiger partial charge in [0, 0.05) is 5.56 Å². The molecule has 0 N–H and O–H groups in total. The van der Waals surface area contributed by atoms with Gasteiger partial charge in [-0.15, -0.1) is 0 Å². The molecule has 5 heteroatoms. The van der Waals surface area contributed by atoms with Crippen molar-refractivity contribution in [3.8, 4) is 17.1 Å². The summed E-state index contributed by atoms with van der Waals surface area (Å²) in [6.45, 7) is 0. The minimum absolute atomic E-state index is 0.0161. The molecular formula is C12H8ClFO3. The lowest BCUT2D eigenvalue weighted by molar-refractivity contribution is 0.110. The Morgan fingerprint density at radius 1 is 1.41 bits per heavy atom. The standard InChI is InChI=1S/C12H8ClFO3/c1-16-12-9(13)4-7(5-10(12)14)11-3-2-8(6-15)17-11/h2-6H,1H3. The molecule has 0 aliphatic heterocycles. The molecule has 0 fully saturated rings. The Morgan fingerprint density at radius 3 is 2.71 bits per heavy atom. The first-order chi connectivity index (χ1) is 8.15. The number of aldehydes is 1. The lowest BCUT2D eigenvalue weighted by Gasteiger charge is -2.06. The van der Waals surface area contributed by atoms with Crippen LogP contribution >= 0.6 is 11.6 Å². The van der Waals surface area contributed by atoms with Crippen LogP contribution in [0.15, 0.2) is 28.7 Å². The predicted molar refractivity (Wildman–Crippen MR) is 61.1 cm³/mol. The Morgan fingerprint density at radius 2 is 2.18 bits per heavy atom. The van der Waals surface area contributed by atoms with Crippen LogP contribution in [-0.2, 0) is 0 Å². The van der Waals surface area contributed by atoms with Gasteiger partial charge in [0.15, 0.2) is 23.6 Å². The van der Waals surface area contributed by atoms with Gasteiger partial charge >= 0.3 is 0 Å². The highest BCUT2D eigenvalue weighted by molar-refractivity contribution is 6.32. The molecule has 2 aromatic rings. The molecule has 2 rings (SSSR count). The van der Waals surface area contributed by atoms with Crippen molar-refractivity contribution in [2.24, 2.45) is 0 Å². The van der Waals surface area contributed by atoms with Gasteiger partial charge in [-0.3, -0.25) is 4.79 Å². The fraction of sp³-hybridized carbons (Fsp3) is 0.0833. The van der Waals surface area contributed by atoms with Crippen LogP contribution in [0.3, 0.4) is 0 Å². The van der Waals surface area contributed by atoms with E-state index >= 15 is 0 Å². The number of carbonyl (C=O) groups excluding carboxylic acids is 1. The lowest BCUT2D eigenvalue weighted by Crippen LogP contribution is -1.90. The molecule has 0 amide bonds. The van der Waals surface area contributed by atoms with E-state index < -0.39 is 5.82 Å². The monoisotopic (exact) mass is 254 g/mol. The van der Waals surface area contributed by atoms with Crippen LogP contribution in [-0.4, -0.2) is 13.4 Å². The molecule has 88 valence electrons. The average Bonchev–Trinajstić information content (AvgIpc) is 2.77. The SMILES string of the molecule is COc1c(F)cc(-c2ccc(C=O)o2)cc1Cl. The van der Waals surface area contributed by atoms with Gasteiger partial charge in [0.2, 0.25) is 0 Å². The molecule has 1 aromatic carbocycles. The van der Waals surface area contributed by atoms with Crippen molar-refractivity contribution < 1.29 is 18.3 Å². The molecule has 0 aliphatic rings. The van der Waals surface area contributed by atoms with Crippen molar-refractivity contribution >= 4 is 17.9 Å². The number of methoxy groups -OCH3 is 1. The topological polar surface area (TPSA) is 39.4 Å². The highest BCUT2D eigenvalue weighted by atomic mass is 35.5. The van der Waals surface area contributed by atoms with Gasteiger partial charge in [0.25, 0.3) is 0 Å². The van der Waals surface area contributed by atoms with Gasteiger partial charge in [-0.1, -0.05) is 11.6 Å². The Balaban J connectivity index is 2.49. The second kappa shape index (κ2) is 4.59. The van der Waals surface area contributed by atoms with Gasteiger partial charge in [-0.2, -0.15) is 0 Å². The molecule has 1 heterocycles. The summed E-state index contributed by atoms with van der Waals surface area (Å²) in [6.07, 6.45) is 0.574. The largest absolute Gasteiger partial charge is 0.492 e. The van der Waals surface area contributed by atoms with Crippen LogP contribution in [0.4, 0.5) is 4.39 Å². The number of halogens is 2. The minimum Gasteiger partial charge on any atom is -0.492 e. The first kappa shape index (κ1) is 11.7. The van der Waals surface area contributed by atoms with E-state index in [0.717, 1.165) is 0 Å². The molecule has 0 saturated carbocycles. The molecule has 17 heavy (non-hydrogen) atoms. The highest BCUT2D eigenvalue weighted by Gasteiger charge is 2.13.